The third-order valence-corrected chi connectivity index (χ3v) is 7.68. The van der Waals surface area contributed by atoms with Crippen molar-refractivity contribution in [3.63, 3.8) is 0 Å². The zero-order chi connectivity index (χ0) is 28.8. The minimum absolute atomic E-state index is 0.0561. The predicted octanol–water partition coefficient (Wildman–Crippen LogP) is 5.41. The van der Waals surface area contributed by atoms with Gasteiger partial charge in [0.2, 0.25) is 0 Å². The van der Waals surface area contributed by atoms with E-state index in [1.54, 1.807) is 18.3 Å². The van der Waals surface area contributed by atoms with Gasteiger partial charge < -0.3 is 15.0 Å². The van der Waals surface area contributed by atoms with Crippen LogP contribution in [-0.2, 0) is 12.7 Å². The number of piperidine rings is 2. The first-order chi connectivity index (χ1) is 19.8. The zero-order valence-electron chi connectivity index (χ0n) is 22.6. The number of carbonyl (C=O) groups is 1. The van der Waals surface area contributed by atoms with Crippen molar-refractivity contribution in [1.29, 1.82) is 5.26 Å². The van der Waals surface area contributed by atoms with Crippen molar-refractivity contribution in [1.82, 2.24) is 15.2 Å². The Morgan fingerprint density at radius 3 is 2.29 bits per heavy atom. The van der Waals surface area contributed by atoms with Crippen LogP contribution in [0.1, 0.15) is 52.9 Å². The van der Waals surface area contributed by atoms with Gasteiger partial charge in [-0.05, 0) is 60.9 Å². The van der Waals surface area contributed by atoms with Crippen molar-refractivity contribution >= 4 is 11.6 Å². The second-order valence-electron chi connectivity index (χ2n) is 10.6. The molecule has 0 unspecified atom stereocenters. The molecular weight excluding hydrogens is 531 g/mol. The number of nitriles is 1. The second-order valence-corrected chi connectivity index (χ2v) is 10.6. The number of amides is 1. The van der Waals surface area contributed by atoms with E-state index in [1.807, 2.05) is 24.3 Å². The summed E-state index contributed by atoms with van der Waals surface area (Å²) in [6, 6.07) is 18.5. The van der Waals surface area contributed by atoms with Crippen LogP contribution in [0, 0.1) is 11.3 Å². The number of halogens is 3. The van der Waals surface area contributed by atoms with Crippen LogP contribution in [0.5, 0.6) is 5.75 Å². The van der Waals surface area contributed by atoms with Crippen LogP contribution in [0.25, 0.3) is 0 Å². The lowest BCUT2D eigenvalue weighted by Gasteiger charge is -2.34. The van der Waals surface area contributed by atoms with Crippen molar-refractivity contribution in [2.45, 2.75) is 50.6 Å². The summed E-state index contributed by atoms with van der Waals surface area (Å²) in [5.41, 5.74) is 2.24. The highest BCUT2D eigenvalue weighted by Crippen LogP contribution is 2.31. The van der Waals surface area contributed by atoms with Crippen molar-refractivity contribution in [3.8, 4) is 11.8 Å². The summed E-state index contributed by atoms with van der Waals surface area (Å²) in [4.78, 5) is 21.6. The second kappa shape index (κ2) is 12.6. The highest BCUT2D eigenvalue weighted by molar-refractivity contribution is 5.92. The van der Waals surface area contributed by atoms with Crippen LogP contribution < -0.4 is 15.0 Å². The molecule has 2 aromatic carbocycles. The molecule has 0 radical (unpaired) electrons. The Bertz CT molecular complexity index is 1360. The summed E-state index contributed by atoms with van der Waals surface area (Å²) in [5.74, 6) is 0.355. The minimum Gasteiger partial charge on any atom is -0.490 e. The molecule has 5 rings (SSSR count). The van der Waals surface area contributed by atoms with Gasteiger partial charge in [0.15, 0.2) is 0 Å². The molecule has 1 amide bonds. The third kappa shape index (κ3) is 7.55. The molecule has 0 aliphatic carbocycles. The Morgan fingerprint density at radius 2 is 1.66 bits per heavy atom. The number of nitrogens with one attached hydrogen (secondary N) is 1. The van der Waals surface area contributed by atoms with Gasteiger partial charge in [0.25, 0.3) is 5.91 Å². The van der Waals surface area contributed by atoms with Crippen LogP contribution in [0.3, 0.4) is 0 Å². The molecule has 0 atom stereocenters. The van der Waals surface area contributed by atoms with Gasteiger partial charge in [-0.1, -0.05) is 12.1 Å². The van der Waals surface area contributed by atoms with Crippen LogP contribution in [0.2, 0.25) is 0 Å². The number of alkyl halides is 3. The standard InChI is InChI=1S/C31H32F3N5O2/c32-31(33,34)24-5-7-26(8-6-24)39-17-12-27(13-18-39)41-28-9-14-36-29(19-28)30(40)37-25-10-15-38(16-11-25)21-23-3-1-22(20-35)2-4-23/h1-9,14,19,25,27H,10-13,15-18,21H2,(H,37,40). The van der Waals surface area contributed by atoms with E-state index in [2.05, 4.69) is 26.2 Å². The number of ether oxygens (including phenoxy) is 1. The molecule has 0 bridgehead atoms. The van der Waals surface area contributed by atoms with Gasteiger partial charge in [-0.15, -0.1) is 0 Å². The SMILES string of the molecule is N#Cc1ccc(CN2CCC(NC(=O)c3cc(OC4CCN(c5ccc(C(F)(F)F)cc5)CC4)ccn3)CC2)cc1. The number of rotatable bonds is 7. The average molecular weight is 564 g/mol. The van der Waals surface area contributed by atoms with Gasteiger partial charge in [0.1, 0.15) is 17.5 Å². The van der Waals surface area contributed by atoms with Gasteiger partial charge >= 0.3 is 6.18 Å². The smallest absolute Gasteiger partial charge is 0.416 e. The first-order valence-electron chi connectivity index (χ1n) is 13.8. The van der Waals surface area contributed by atoms with E-state index >= 15 is 0 Å². The Kier molecular flexibility index (Phi) is 8.74. The van der Waals surface area contributed by atoms with Gasteiger partial charge in [0.05, 0.1) is 17.2 Å². The molecule has 41 heavy (non-hydrogen) atoms. The van der Waals surface area contributed by atoms with Crippen molar-refractivity contribution in [2.24, 2.45) is 0 Å². The minimum atomic E-state index is -4.34. The number of hydrogen-bond donors (Lipinski definition) is 1. The molecule has 1 N–H and O–H groups in total. The first kappa shape index (κ1) is 28.4. The normalized spacial score (nSPS) is 17.2. The van der Waals surface area contributed by atoms with Crippen molar-refractivity contribution in [3.05, 3.63) is 89.2 Å². The van der Waals surface area contributed by atoms with E-state index in [0.717, 1.165) is 55.9 Å². The lowest BCUT2D eigenvalue weighted by atomic mass is 10.0. The van der Waals surface area contributed by atoms with Crippen LogP contribution in [0.4, 0.5) is 18.9 Å². The van der Waals surface area contributed by atoms with Crippen LogP contribution in [-0.4, -0.2) is 54.1 Å². The summed E-state index contributed by atoms with van der Waals surface area (Å²) < 4.78 is 44.7. The van der Waals surface area contributed by atoms with Gasteiger partial charge in [-0.3, -0.25) is 14.7 Å². The van der Waals surface area contributed by atoms with E-state index in [-0.39, 0.29) is 18.1 Å². The van der Waals surface area contributed by atoms with E-state index in [0.29, 0.717) is 42.9 Å². The number of benzene rings is 2. The molecule has 2 aliphatic rings. The number of hydrogen-bond acceptors (Lipinski definition) is 6. The van der Waals surface area contributed by atoms with E-state index < -0.39 is 11.7 Å². The largest absolute Gasteiger partial charge is 0.490 e. The molecule has 2 fully saturated rings. The molecule has 2 aliphatic heterocycles. The molecule has 10 heteroatoms. The maximum atomic E-state index is 12.9. The van der Waals surface area contributed by atoms with Gasteiger partial charge in [0, 0.05) is 69.6 Å². The molecule has 3 heterocycles. The Labute approximate surface area is 237 Å². The van der Waals surface area contributed by atoms with Gasteiger partial charge in [-0.2, -0.15) is 18.4 Å². The zero-order valence-corrected chi connectivity index (χ0v) is 22.6. The topological polar surface area (TPSA) is 81.5 Å². The Hall–Kier alpha value is -4.10. The molecule has 0 saturated carbocycles. The predicted molar refractivity (Wildman–Crippen MR) is 148 cm³/mol. The summed E-state index contributed by atoms with van der Waals surface area (Å²) in [6.45, 7) is 3.88. The molecule has 1 aromatic heterocycles. The van der Waals surface area contributed by atoms with E-state index in [4.69, 9.17) is 10.00 Å². The fourth-order valence-corrected chi connectivity index (χ4v) is 5.33. The fraction of sp³-hybridized carbons (Fsp3) is 0.387. The number of pyridine rings is 1. The lowest BCUT2D eigenvalue weighted by molar-refractivity contribution is -0.137. The number of likely N-dealkylation sites (tertiary alicyclic amines) is 1. The molecule has 0 spiro atoms. The van der Waals surface area contributed by atoms with Crippen LogP contribution in [0.15, 0.2) is 66.9 Å². The fourth-order valence-electron chi connectivity index (χ4n) is 5.33. The quantitative estimate of drug-likeness (QED) is 0.414. The van der Waals surface area contributed by atoms with Crippen molar-refractivity contribution in [2.75, 3.05) is 31.1 Å². The molecule has 3 aromatic rings. The monoisotopic (exact) mass is 563 g/mol. The molecule has 2 saturated heterocycles. The van der Waals surface area contributed by atoms with E-state index in [9.17, 15) is 18.0 Å². The van der Waals surface area contributed by atoms with Gasteiger partial charge in [-0.25, -0.2) is 0 Å². The molecule has 214 valence electrons. The number of aromatic nitrogens is 1. The lowest BCUT2D eigenvalue weighted by Crippen LogP contribution is -2.44. The average Bonchev–Trinajstić information content (AvgIpc) is 2.99. The first-order valence-corrected chi connectivity index (χ1v) is 13.8. The Morgan fingerprint density at radius 1 is 0.976 bits per heavy atom. The maximum Gasteiger partial charge on any atom is 0.416 e. The highest BCUT2D eigenvalue weighted by atomic mass is 19.4. The number of nitrogens with zero attached hydrogens (tertiary/aromatic N) is 4. The molecule has 7 nitrogen and oxygen atoms in total. The number of anilines is 1. The summed E-state index contributed by atoms with van der Waals surface area (Å²) in [7, 11) is 0. The summed E-state index contributed by atoms with van der Waals surface area (Å²) in [6.07, 6.45) is 0.287. The number of carbonyl (C=O) groups excluding carboxylic acids is 1. The van der Waals surface area contributed by atoms with Crippen LogP contribution >= 0.6 is 0 Å². The maximum absolute atomic E-state index is 12.9. The summed E-state index contributed by atoms with van der Waals surface area (Å²) in [5, 5.41) is 12.1. The Balaban J connectivity index is 1.07. The van der Waals surface area contributed by atoms with E-state index in [1.165, 1.54) is 12.1 Å². The third-order valence-electron chi connectivity index (χ3n) is 7.68. The summed E-state index contributed by atoms with van der Waals surface area (Å²) >= 11 is 0. The van der Waals surface area contributed by atoms with Crippen molar-refractivity contribution < 1.29 is 22.7 Å². The highest BCUT2D eigenvalue weighted by Gasteiger charge is 2.30. The molecular formula is C31H32F3N5O2.